The molecule has 4 nitrogen and oxygen atoms in total. The highest BCUT2D eigenvalue weighted by Gasteiger charge is 2.33. The number of nitrogens with zero attached hydrogens (tertiary/aromatic N) is 1. The van der Waals surface area contributed by atoms with Crippen LogP contribution in [0.2, 0.25) is 0 Å². The molecule has 1 unspecified atom stereocenters. The second-order valence-electron chi connectivity index (χ2n) is 5.17. The molecule has 1 atom stereocenters. The van der Waals surface area contributed by atoms with Crippen molar-refractivity contribution in [2.45, 2.75) is 25.7 Å². The molecule has 3 aromatic rings. The highest BCUT2D eigenvalue weighted by Crippen LogP contribution is 2.33. The summed E-state index contributed by atoms with van der Waals surface area (Å²) < 4.78 is 5.78. The van der Waals surface area contributed by atoms with Crippen LogP contribution in [0.4, 0.5) is 0 Å². The number of oxazole rings is 1. The number of carboxylic acid groups (broad SMARTS) is 1. The Kier molecular flexibility index (Phi) is 3.29. The highest BCUT2D eigenvalue weighted by molar-refractivity contribution is 7.13. The van der Waals surface area contributed by atoms with Gasteiger partial charge in [-0.3, -0.25) is 4.79 Å². The third kappa shape index (κ3) is 2.23. The molecule has 0 aliphatic carbocycles. The van der Waals surface area contributed by atoms with Crippen LogP contribution >= 0.6 is 11.3 Å². The van der Waals surface area contributed by atoms with Crippen molar-refractivity contribution < 1.29 is 14.3 Å². The van der Waals surface area contributed by atoms with Crippen molar-refractivity contribution >= 4 is 28.4 Å². The largest absolute Gasteiger partial charge is 0.481 e. The summed E-state index contributed by atoms with van der Waals surface area (Å²) in [6, 6.07) is 9.32. The number of carboxylic acids is 1. The molecular formula is C16H15NO3S. The lowest BCUT2D eigenvalue weighted by Crippen LogP contribution is -2.31. The minimum absolute atomic E-state index is 0.514. The first-order valence-electron chi connectivity index (χ1n) is 6.73. The van der Waals surface area contributed by atoms with E-state index >= 15 is 0 Å². The Morgan fingerprint density at radius 1 is 1.43 bits per heavy atom. The Hall–Kier alpha value is -2.14. The molecular weight excluding hydrogens is 286 g/mol. The van der Waals surface area contributed by atoms with E-state index in [4.69, 9.17) is 4.42 Å². The van der Waals surface area contributed by atoms with Crippen molar-refractivity contribution in [2.24, 2.45) is 0 Å². The first-order valence-corrected chi connectivity index (χ1v) is 7.61. The lowest BCUT2D eigenvalue weighted by Gasteiger charge is -2.23. The van der Waals surface area contributed by atoms with E-state index in [9.17, 15) is 9.90 Å². The minimum atomic E-state index is -0.913. The summed E-state index contributed by atoms with van der Waals surface area (Å²) in [5.41, 5.74) is 1.19. The lowest BCUT2D eigenvalue weighted by atomic mass is 9.80. The van der Waals surface area contributed by atoms with Crippen LogP contribution in [0, 0.1) is 0 Å². The molecule has 1 aromatic carbocycles. The van der Waals surface area contributed by atoms with Crippen LogP contribution in [-0.2, 0) is 10.2 Å². The van der Waals surface area contributed by atoms with Gasteiger partial charge in [0, 0.05) is 0 Å². The maximum Gasteiger partial charge on any atom is 0.313 e. The molecule has 1 N–H and O–H groups in total. The highest BCUT2D eigenvalue weighted by atomic mass is 32.1. The molecule has 5 heteroatoms. The van der Waals surface area contributed by atoms with Crippen LogP contribution < -0.4 is 0 Å². The SMILES string of the molecule is CCC(C)(C(=O)O)c1ccc2nc(-c3cccs3)oc2c1. The molecule has 3 rings (SSSR count). The van der Waals surface area contributed by atoms with E-state index in [1.165, 1.54) is 0 Å². The van der Waals surface area contributed by atoms with E-state index < -0.39 is 11.4 Å². The number of rotatable bonds is 4. The zero-order chi connectivity index (χ0) is 15.0. The van der Waals surface area contributed by atoms with Gasteiger partial charge in [0.05, 0.1) is 10.3 Å². The molecule has 0 saturated heterocycles. The zero-order valence-corrected chi connectivity index (χ0v) is 12.6. The Morgan fingerprint density at radius 2 is 2.24 bits per heavy atom. The van der Waals surface area contributed by atoms with E-state index in [-0.39, 0.29) is 0 Å². The topological polar surface area (TPSA) is 63.3 Å². The predicted molar refractivity (Wildman–Crippen MR) is 82.6 cm³/mol. The normalized spacial score (nSPS) is 14.2. The van der Waals surface area contributed by atoms with Crippen LogP contribution in [0.1, 0.15) is 25.8 Å². The van der Waals surface area contributed by atoms with Crippen molar-refractivity contribution in [1.29, 1.82) is 0 Å². The standard InChI is InChI=1S/C16H15NO3S/c1-3-16(2,15(18)19)10-6-7-11-12(9-10)20-14(17-11)13-5-4-8-21-13/h4-9H,3H2,1-2H3,(H,18,19). The number of benzene rings is 1. The second-order valence-corrected chi connectivity index (χ2v) is 6.12. The molecule has 2 heterocycles. The Bertz CT molecular complexity index is 791. The summed E-state index contributed by atoms with van der Waals surface area (Å²) in [6.45, 7) is 3.60. The number of carbonyl (C=O) groups is 1. The fraction of sp³-hybridized carbons (Fsp3) is 0.250. The number of hydrogen-bond acceptors (Lipinski definition) is 4. The molecule has 0 aliphatic rings. The monoisotopic (exact) mass is 301 g/mol. The van der Waals surface area contributed by atoms with Gasteiger partial charge in [-0.15, -0.1) is 11.3 Å². The van der Waals surface area contributed by atoms with Crippen molar-refractivity contribution in [3.05, 3.63) is 41.3 Å². The van der Waals surface area contributed by atoms with Crippen molar-refractivity contribution in [3.63, 3.8) is 0 Å². The first-order chi connectivity index (χ1) is 10.0. The third-order valence-corrected chi connectivity index (χ3v) is 4.79. The number of hydrogen-bond donors (Lipinski definition) is 1. The Morgan fingerprint density at radius 3 is 2.86 bits per heavy atom. The molecule has 0 fully saturated rings. The van der Waals surface area contributed by atoms with Gasteiger partial charge in [-0.2, -0.15) is 0 Å². The van der Waals surface area contributed by atoms with Gasteiger partial charge in [0.2, 0.25) is 5.89 Å². The smallest absolute Gasteiger partial charge is 0.313 e. The predicted octanol–water partition coefficient (Wildman–Crippen LogP) is 4.31. The first kappa shape index (κ1) is 13.8. The Balaban J connectivity index is 2.10. The third-order valence-electron chi connectivity index (χ3n) is 3.94. The molecule has 0 amide bonds. The average Bonchev–Trinajstić information content (AvgIpc) is 3.13. The second kappa shape index (κ2) is 5.00. The van der Waals surface area contributed by atoms with Gasteiger partial charge in [0.25, 0.3) is 0 Å². The summed E-state index contributed by atoms with van der Waals surface area (Å²) >= 11 is 1.56. The number of thiophene rings is 1. The minimum Gasteiger partial charge on any atom is -0.481 e. The van der Waals surface area contributed by atoms with Gasteiger partial charge in [0.15, 0.2) is 5.58 Å². The molecule has 0 bridgehead atoms. The van der Waals surface area contributed by atoms with Crippen LogP contribution in [0.15, 0.2) is 40.1 Å². The fourth-order valence-electron chi connectivity index (χ4n) is 2.25. The summed E-state index contributed by atoms with van der Waals surface area (Å²) in [4.78, 5) is 16.9. The summed E-state index contributed by atoms with van der Waals surface area (Å²) in [7, 11) is 0. The van der Waals surface area contributed by atoms with E-state index in [1.54, 1.807) is 24.3 Å². The summed E-state index contributed by atoms with van der Waals surface area (Å²) in [5.74, 6) is -0.256. The van der Waals surface area contributed by atoms with Crippen molar-refractivity contribution in [3.8, 4) is 10.8 Å². The lowest BCUT2D eigenvalue weighted by molar-refractivity contribution is -0.143. The zero-order valence-electron chi connectivity index (χ0n) is 11.8. The van der Waals surface area contributed by atoms with Gasteiger partial charge >= 0.3 is 5.97 Å². The quantitative estimate of drug-likeness (QED) is 0.780. The molecule has 108 valence electrons. The molecule has 0 radical (unpaired) electrons. The number of fused-ring (bicyclic) bond motifs is 1. The number of aromatic nitrogens is 1. The molecule has 2 aromatic heterocycles. The number of aliphatic carboxylic acids is 1. The van der Waals surface area contributed by atoms with Crippen molar-refractivity contribution in [2.75, 3.05) is 0 Å². The van der Waals surface area contributed by atoms with Gasteiger partial charge in [-0.25, -0.2) is 4.98 Å². The molecule has 0 spiro atoms. The van der Waals surface area contributed by atoms with Crippen LogP contribution in [0.3, 0.4) is 0 Å². The Labute approximate surface area is 126 Å². The maximum atomic E-state index is 11.5. The van der Waals surface area contributed by atoms with Crippen LogP contribution in [-0.4, -0.2) is 16.1 Å². The van der Waals surface area contributed by atoms with E-state index in [0.29, 0.717) is 17.9 Å². The van der Waals surface area contributed by atoms with Gasteiger partial charge < -0.3 is 9.52 Å². The van der Waals surface area contributed by atoms with E-state index in [0.717, 1.165) is 16.0 Å². The molecule has 0 saturated carbocycles. The average molecular weight is 301 g/mol. The van der Waals surface area contributed by atoms with Crippen molar-refractivity contribution in [1.82, 2.24) is 4.98 Å². The summed E-state index contributed by atoms with van der Waals surface area (Å²) in [6.07, 6.45) is 0.514. The van der Waals surface area contributed by atoms with Gasteiger partial charge in [-0.05, 0) is 42.5 Å². The molecule has 0 aliphatic heterocycles. The van der Waals surface area contributed by atoms with Crippen LogP contribution in [0.25, 0.3) is 21.9 Å². The molecule has 21 heavy (non-hydrogen) atoms. The summed E-state index contributed by atoms with van der Waals surface area (Å²) in [5, 5.41) is 11.4. The van der Waals surface area contributed by atoms with E-state index in [2.05, 4.69) is 4.98 Å². The van der Waals surface area contributed by atoms with E-state index in [1.807, 2.05) is 36.6 Å². The maximum absolute atomic E-state index is 11.5. The van der Waals surface area contributed by atoms with Crippen LogP contribution in [0.5, 0.6) is 0 Å². The van der Waals surface area contributed by atoms with Gasteiger partial charge in [0.1, 0.15) is 5.52 Å². The van der Waals surface area contributed by atoms with Gasteiger partial charge in [-0.1, -0.05) is 19.1 Å². The fourth-order valence-corrected chi connectivity index (χ4v) is 2.90.